The van der Waals surface area contributed by atoms with Crippen molar-refractivity contribution in [2.24, 2.45) is 0 Å². The van der Waals surface area contributed by atoms with E-state index in [1.807, 2.05) is 35.9 Å². The summed E-state index contributed by atoms with van der Waals surface area (Å²) in [6.45, 7) is 1.95. The van der Waals surface area contributed by atoms with Gasteiger partial charge in [0.2, 0.25) is 5.91 Å². The van der Waals surface area contributed by atoms with Crippen LogP contribution in [0.1, 0.15) is 40.5 Å². The molecule has 0 saturated carbocycles. The van der Waals surface area contributed by atoms with E-state index >= 15 is 0 Å². The number of rotatable bonds is 5. The fraction of sp³-hybridized carbons (Fsp3) is 0.231. The van der Waals surface area contributed by atoms with E-state index in [9.17, 15) is 18.0 Å². The molecule has 1 unspecified atom stereocenters. The average molecular weight is 489 g/mol. The van der Waals surface area contributed by atoms with Gasteiger partial charge in [-0.15, -0.1) is 0 Å². The molecule has 0 fully saturated rings. The molecule has 0 radical (unpaired) electrons. The molecule has 0 saturated heterocycles. The first-order valence-corrected chi connectivity index (χ1v) is 13.1. The van der Waals surface area contributed by atoms with Crippen molar-refractivity contribution in [3.8, 4) is 0 Å². The second-order valence-corrected chi connectivity index (χ2v) is 11.1. The maximum atomic E-state index is 13.6. The minimum Gasteiger partial charge on any atom is -0.310 e. The Kier molecular flexibility index (Phi) is 5.52. The molecule has 5 rings (SSSR count). The highest BCUT2D eigenvalue weighted by Gasteiger charge is 2.42. The Hall–Kier alpha value is -3.85. The van der Waals surface area contributed by atoms with Gasteiger partial charge in [-0.05, 0) is 55.7 Å². The maximum Gasteiger partial charge on any atom is 0.229 e. The molecule has 4 aromatic rings. The zero-order valence-electron chi connectivity index (χ0n) is 19.4. The standard InChI is InChI=1S/C26H24N4O4S/c1-26(20-4-3-14-30-15-13-27-25(20)30)12-11-21-19(24(26)32)9-10-22(28-21)29-23(31)16-17-5-7-18(8-6-17)35(2,33)34/h3-10,13-15H,11-12,16H2,1-2H3,(H,28,29,31). The second-order valence-electron chi connectivity index (χ2n) is 9.07. The lowest BCUT2D eigenvalue weighted by Crippen LogP contribution is -2.38. The highest BCUT2D eigenvalue weighted by Crippen LogP contribution is 2.39. The van der Waals surface area contributed by atoms with E-state index in [2.05, 4.69) is 15.3 Å². The van der Waals surface area contributed by atoms with E-state index in [4.69, 9.17) is 0 Å². The van der Waals surface area contributed by atoms with E-state index < -0.39 is 15.3 Å². The van der Waals surface area contributed by atoms with Gasteiger partial charge in [-0.25, -0.2) is 18.4 Å². The zero-order chi connectivity index (χ0) is 24.8. The van der Waals surface area contributed by atoms with Crippen LogP contribution in [-0.2, 0) is 32.9 Å². The van der Waals surface area contributed by atoms with Crippen molar-refractivity contribution in [3.63, 3.8) is 0 Å². The van der Waals surface area contributed by atoms with E-state index in [0.29, 0.717) is 35.5 Å². The van der Waals surface area contributed by atoms with Crippen molar-refractivity contribution in [2.75, 3.05) is 11.6 Å². The molecule has 35 heavy (non-hydrogen) atoms. The number of nitrogens with zero attached hydrogens (tertiary/aromatic N) is 3. The lowest BCUT2D eigenvalue weighted by molar-refractivity contribution is -0.115. The van der Waals surface area contributed by atoms with E-state index in [-0.39, 0.29) is 23.0 Å². The molecular formula is C26H24N4O4S. The number of hydrogen-bond donors (Lipinski definition) is 1. The summed E-state index contributed by atoms with van der Waals surface area (Å²) in [5, 5.41) is 2.78. The number of carbonyl (C=O) groups excluding carboxylic acids is 2. The summed E-state index contributed by atoms with van der Waals surface area (Å²) in [7, 11) is -3.29. The van der Waals surface area contributed by atoms with Crippen LogP contribution in [0.2, 0.25) is 0 Å². The molecule has 1 aliphatic carbocycles. The van der Waals surface area contributed by atoms with Gasteiger partial charge in [0.05, 0.1) is 22.4 Å². The number of Topliss-reactive ketones (excluding diaryl/α,β-unsaturated/α-hetero) is 1. The Labute approximate surface area is 203 Å². The van der Waals surface area contributed by atoms with Gasteiger partial charge in [-0.1, -0.05) is 18.2 Å². The fourth-order valence-electron chi connectivity index (χ4n) is 4.61. The summed E-state index contributed by atoms with van der Waals surface area (Å²) in [5.41, 5.74) is 2.85. The predicted octanol–water partition coefficient (Wildman–Crippen LogP) is 3.40. The number of ketones is 1. The minimum atomic E-state index is -3.29. The molecule has 8 nitrogen and oxygen atoms in total. The molecule has 1 atom stereocenters. The van der Waals surface area contributed by atoms with Crippen LogP contribution >= 0.6 is 0 Å². The Balaban J connectivity index is 1.33. The van der Waals surface area contributed by atoms with Crippen molar-refractivity contribution < 1.29 is 18.0 Å². The van der Waals surface area contributed by atoms with Crippen LogP contribution in [0.4, 0.5) is 5.82 Å². The number of fused-ring (bicyclic) bond motifs is 2. The summed E-state index contributed by atoms with van der Waals surface area (Å²) in [4.78, 5) is 35.3. The van der Waals surface area contributed by atoms with Gasteiger partial charge in [0.15, 0.2) is 15.6 Å². The van der Waals surface area contributed by atoms with Gasteiger partial charge in [-0.3, -0.25) is 9.59 Å². The maximum absolute atomic E-state index is 13.6. The van der Waals surface area contributed by atoms with Crippen LogP contribution in [-0.4, -0.2) is 40.7 Å². The van der Waals surface area contributed by atoms with Crippen LogP contribution in [0.25, 0.3) is 5.65 Å². The van der Waals surface area contributed by atoms with Gasteiger partial charge >= 0.3 is 0 Å². The van der Waals surface area contributed by atoms with Gasteiger partial charge in [0.25, 0.3) is 0 Å². The Morgan fingerprint density at radius 1 is 1.11 bits per heavy atom. The molecule has 1 N–H and O–H groups in total. The van der Waals surface area contributed by atoms with E-state index in [1.165, 1.54) is 12.1 Å². The Morgan fingerprint density at radius 3 is 2.63 bits per heavy atom. The first-order chi connectivity index (χ1) is 16.6. The SMILES string of the molecule is CC1(c2cccn3ccnc23)CCc2nc(NC(=O)Cc3ccc(S(C)(=O)=O)cc3)ccc2C1=O. The summed E-state index contributed by atoms with van der Waals surface area (Å²) < 4.78 is 25.1. The summed E-state index contributed by atoms with van der Waals surface area (Å²) in [5.74, 6) is 0.0991. The lowest BCUT2D eigenvalue weighted by atomic mass is 9.69. The smallest absolute Gasteiger partial charge is 0.229 e. The Bertz CT molecular complexity index is 1570. The van der Waals surface area contributed by atoms with Crippen molar-refractivity contribution >= 4 is 33.0 Å². The highest BCUT2D eigenvalue weighted by atomic mass is 32.2. The molecular weight excluding hydrogens is 464 g/mol. The molecule has 1 aromatic carbocycles. The molecule has 178 valence electrons. The third kappa shape index (κ3) is 4.23. The number of imidazole rings is 1. The minimum absolute atomic E-state index is 0.00815. The highest BCUT2D eigenvalue weighted by molar-refractivity contribution is 7.90. The largest absolute Gasteiger partial charge is 0.310 e. The molecule has 1 aliphatic rings. The van der Waals surface area contributed by atoms with Crippen LogP contribution in [0.15, 0.2) is 72.0 Å². The quantitative estimate of drug-likeness (QED) is 0.461. The van der Waals surface area contributed by atoms with Crippen LogP contribution < -0.4 is 5.32 Å². The van der Waals surface area contributed by atoms with Crippen LogP contribution in [0.3, 0.4) is 0 Å². The third-order valence-corrected chi connectivity index (χ3v) is 7.71. The number of carbonyl (C=O) groups is 2. The number of anilines is 1. The Morgan fingerprint density at radius 2 is 1.89 bits per heavy atom. The summed E-state index contributed by atoms with van der Waals surface area (Å²) in [6.07, 6.45) is 7.89. The molecule has 3 aromatic heterocycles. The third-order valence-electron chi connectivity index (χ3n) is 6.58. The second kappa shape index (κ2) is 8.42. The van der Waals surface area contributed by atoms with E-state index in [0.717, 1.165) is 17.5 Å². The molecule has 3 heterocycles. The zero-order valence-corrected chi connectivity index (χ0v) is 20.2. The summed E-state index contributed by atoms with van der Waals surface area (Å²) in [6, 6.07) is 13.5. The van der Waals surface area contributed by atoms with Crippen molar-refractivity contribution in [3.05, 3.63) is 89.5 Å². The van der Waals surface area contributed by atoms with Crippen LogP contribution in [0.5, 0.6) is 0 Å². The van der Waals surface area contributed by atoms with Crippen molar-refractivity contribution in [1.29, 1.82) is 0 Å². The average Bonchev–Trinajstić information content (AvgIpc) is 3.30. The monoisotopic (exact) mass is 488 g/mol. The number of amides is 1. The van der Waals surface area contributed by atoms with Gasteiger partial charge in [0, 0.05) is 36.0 Å². The topological polar surface area (TPSA) is 110 Å². The predicted molar refractivity (Wildman–Crippen MR) is 131 cm³/mol. The first kappa shape index (κ1) is 22.9. The first-order valence-electron chi connectivity index (χ1n) is 11.2. The number of aromatic nitrogens is 3. The molecule has 9 heteroatoms. The van der Waals surface area contributed by atoms with Gasteiger partial charge in [-0.2, -0.15) is 0 Å². The lowest BCUT2D eigenvalue weighted by Gasteiger charge is -2.33. The number of aryl methyl sites for hydroxylation is 1. The van der Waals surface area contributed by atoms with Crippen LogP contribution in [0, 0.1) is 0 Å². The van der Waals surface area contributed by atoms with Gasteiger partial charge in [0.1, 0.15) is 11.5 Å². The number of nitrogens with one attached hydrogen (secondary N) is 1. The fourth-order valence-corrected chi connectivity index (χ4v) is 5.24. The molecule has 0 spiro atoms. The normalized spacial score (nSPS) is 17.8. The number of hydrogen-bond acceptors (Lipinski definition) is 6. The summed E-state index contributed by atoms with van der Waals surface area (Å²) >= 11 is 0. The molecule has 0 aliphatic heterocycles. The van der Waals surface area contributed by atoms with E-state index in [1.54, 1.807) is 30.5 Å². The number of sulfone groups is 1. The van der Waals surface area contributed by atoms with Crippen molar-refractivity contribution in [1.82, 2.24) is 14.4 Å². The van der Waals surface area contributed by atoms with Crippen molar-refractivity contribution in [2.45, 2.75) is 36.5 Å². The molecule has 0 bridgehead atoms. The molecule has 1 amide bonds. The van der Waals surface area contributed by atoms with Gasteiger partial charge < -0.3 is 9.72 Å². The number of benzene rings is 1. The number of pyridine rings is 2.